The molecule has 1 aliphatic rings. The Morgan fingerprint density at radius 1 is 1.15 bits per heavy atom. The van der Waals surface area contributed by atoms with Crippen LogP contribution in [0.15, 0.2) is 58.2 Å². The highest BCUT2D eigenvalue weighted by Crippen LogP contribution is 2.35. The third kappa shape index (κ3) is 3.38. The first-order valence-electron chi connectivity index (χ1n) is 8.76. The monoisotopic (exact) mass is 384 g/mol. The van der Waals surface area contributed by atoms with E-state index in [2.05, 4.69) is 15.1 Å². The Kier molecular flexibility index (Phi) is 4.53. The van der Waals surface area contributed by atoms with Gasteiger partial charge in [-0.3, -0.25) is 4.98 Å². The Morgan fingerprint density at radius 3 is 2.67 bits per heavy atom. The van der Waals surface area contributed by atoms with Crippen molar-refractivity contribution in [2.24, 2.45) is 5.92 Å². The Hall–Kier alpha value is -2.58. The number of aromatic nitrogens is 3. The summed E-state index contributed by atoms with van der Waals surface area (Å²) in [5, 5.41) is 4.04. The molecule has 0 spiro atoms. The molecule has 0 N–H and O–H groups in total. The summed E-state index contributed by atoms with van der Waals surface area (Å²) in [6.45, 7) is 4.64. The smallest absolute Gasteiger partial charge is 0.243 e. The van der Waals surface area contributed by atoms with E-state index in [0.717, 1.165) is 11.1 Å². The van der Waals surface area contributed by atoms with Crippen LogP contribution in [0.4, 0.5) is 0 Å². The molecule has 0 radical (unpaired) electrons. The number of pyridine rings is 1. The molecule has 0 saturated carbocycles. The molecule has 0 bridgehead atoms. The lowest BCUT2D eigenvalue weighted by Gasteiger charge is -2.16. The maximum absolute atomic E-state index is 13.0. The number of nitrogens with zero attached hydrogens (tertiary/aromatic N) is 4. The molecule has 0 amide bonds. The Bertz CT molecular complexity index is 1050. The zero-order valence-corrected chi connectivity index (χ0v) is 15.9. The molecular formula is C19H20N4O3S. The fraction of sp³-hybridized carbons (Fsp3) is 0.316. The molecule has 8 heteroatoms. The quantitative estimate of drug-likeness (QED) is 0.687. The van der Waals surface area contributed by atoms with Crippen LogP contribution in [-0.2, 0) is 10.0 Å². The standard InChI is InChI=1S/C19H20N4O3S/c1-13-4-3-5-16(10-13)27(24,25)23-11-14(2)17(12-23)19-21-18(22-26-19)15-6-8-20-9-7-15/h3-10,14,17H,11-12H2,1-2H3. The minimum atomic E-state index is -3.55. The molecule has 1 saturated heterocycles. The maximum atomic E-state index is 13.0. The summed E-state index contributed by atoms with van der Waals surface area (Å²) in [7, 11) is -3.55. The van der Waals surface area contributed by atoms with Gasteiger partial charge in [0.05, 0.1) is 10.8 Å². The van der Waals surface area contributed by atoms with Crippen molar-refractivity contribution in [1.29, 1.82) is 0 Å². The first kappa shape index (κ1) is 17.8. The van der Waals surface area contributed by atoms with E-state index in [9.17, 15) is 8.42 Å². The second-order valence-electron chi connectivity index (χ2n) is 6.91. The normalized spacial score (nSPS) is 20.8. The first-order valence-corrected chi connectivity index (χ1v) is 10.2. The van der Waals surface area contributed by atoms with Crippen LogP contribution < -0.4 is 0 Å². The summed E-state index contributed by atoms with van der Waals surface area (Å²) in [6.07, 6.45) is 3.33. The van der Waals surface area contributed by atoms with E-state index in [0.29, 0.717) is 29.7 Å². The van der Waals surface area contributed by atoms with Gasteiger partial charge in [-0.15, -0.1) is 0 Å². The van der Waals surface area contributed by atoms with Crippen LogP contribution in [0, 0.1) is 12.8 Å². The summed E-state index contributed by atoms with van der Waals surface area (Å²) >= 11 is 0. The maximum Gasteiger partial charge on any atom is 0.243 e. The molecule has 7 nitrogen and oxygen atoms in total. The van der Waals surface area contributed by atoms with Crippen LogP contribution in [0.25, 0.3) is 11.4 Å². The van der Waals surface area contributed by atoms with E-state index in [4.69, 9.17) is 4.52 Å². The average molecular weight is 384 g/mol. The molecule has 1 aliphatic heterocycles. The van der Waals surface area contributed by atoms with E-state index in [1.807, 2.05) is 19.9 Å². The van der Waals surface area contributed by atoms with Crippen LogP contribution in [0.2, 0.25) is 0 Å². The minimum absolute atomic E-state index is 0.0790. The highest BCUT2D eigenvalue weighted by Gasteiger charge is 2.40. The van der Waals surface area contributed by atoms with Gasteiger partial charge >= 0.3 is 0 Å². The van der Waals surface area contributed by atoms with Crippen LogP contribution in [-0.4, -0.2) is 40.9 Å². The van der Waals surface area contributed by atoms with Crippen molar-refractivity contribution in [2.75, 3.05) is 13.1 Å². The predicted octanol–water partition coefficient (Wildman–Crippen LogP) is 2.86. The Labute approximate surface area is 158 Å². The Morgan fingerprint density at radius 2 is 1.93 bits per heavy atom. The van der Waals surface area contributed by atoms with Gasteiger partial charge in [-0.05, 0) is 42.7 Å². The van der Waals surface area contributed by atoms with Gasteiger partial charge < -0.3 is 4.52 Å². The second-order valence-corrected chi connectivity index (χ2v) is 8.85. The number of rotatable bonds is 4. The summed E-state index contributed by atoms with van der Waals surface area (Å²) in [4.78, 5) is 8.79. The van der Waals surface area contributed by atoms with Gasteiger partial charge in [0.15, 0.2) is 0 Å². The lowest BCUT2D eigenvalue weighted by molar-refractivity contribution is 0.338. The van der Waals surface area contributed by atoms with Crippen LogP contribution in [0.5, 0.6) is 0 Å². The van der Waals surface area contributed by atoms with Crippen molar-refractivity contribution in [3.8, 4) is 11.4 Å². The third-order valence-electron chi connectivity index (χ3n) is 4.90. The fourth-order valence-corrected chi connectivity index (χ4v) is 5.04. The topological polar surface area (TPSA) is 89.2 Å². The number of sulfonamides is 1. The lowest BCUT2D eigenvalue weighted by Crippen LogP contribution is -2.29. The van der Waals surface area contributed by atoms with Crippen LogP contribution in [0.1, 0.15) is 24.3 Å². The molecule has 4 rings (SSSR count). The number of benzene rings is 1. The molecule has 2 atom stereocenters. The Balaban J connectivity index is 1.58. The summed E-state index contributed by atoms with van der Waals surface area (Å²) in [5.74, 6) is 0.902. The molecule has 27 heavy (non-hydrogen) atoms. The molecule has 2 aromatic heterocycles. The molecule has 1 aromatic carbocycles. The molecule has 1 fully saturated rings. The highest BCUT2D eigenvalue weighted by atomic mass is 32.2. The van der Waals surface area contributed by atoms with Crippen molar-refractivity contribution < 1.29 is 12.9 Å². The van der Waals surface area contributed by atoms with Crippen LogP contribution in [0.3, 0.4) is 0 Å². The molecule has 3 heterocycles. The van der Waals surface area contributed by atoms with Crippen molar-refractivity contribution in [3.63, 3.8) is 0 Å². The summed E-state index contributed by atoms with van der Waals surface area (Å²) < 4.78 is 32.9. The van der Waals surface area contributed by atoms with Gasteiger partial charge in [-0.2, -0.15) is 9.29 Å². The van der Waals surface area contributed by atoms with Gasteiger partial charge in [0, 0.05) is 31.0 Å². The number of hydrogen-bond acceptors (Lipinski definition) is 6. The van der Waals surface area contributed by atoms with Crippen molar-refractivity contribution in [3.05, 3.63) is 60.2 Å². The second kappa shape index (κ2) is 6.86. The molecule has 2 unspecified atom stereocenters. The van der Waals surface area contributed by atoms with Crippen molar-refractivity contribution in [2.45, 2.75) is 24.7 Å². The van der Waals surface area contributed by atoms with E-state index < -0.39 is 10.0 Å². The van der Waals surface area contributed by atoms with Crippen molar-refractivity contribution >= 4 is 10.0 Å². The minimum Gasteiger partial charge on any atom is -0.339 e. The molecule has 140 valence electrons. The van der Waals surface area contributed by atoms with Gasteiger partial charge in [-0.1, -0.05) is 24.2 Å². The average Bonchev–Trinajstić information content (AvgIpc) is 3.29. The first-order chi connectivity index (χ1) is 12.9. The van der Waals surface area contributed by atoms with Gasteiger partial charge in [0.1, 0.15) is 0 Å². The lowest BCUT2D eigenvalue weighted by atomic mass is 9.98. The summed E-state index contributed by atoms with van der Waals surface area (Å²) in [6, 6.07) is 10.6. The molecule has 0 aliphatic carbocycles. The van der Waals surface area contributed by atoms with E-state index in [1.165, 1.54) is 4.31 Å². The van der Waals surface area contributed by atoms with E-state index in [1.54, 1.807) is 42.7 Å². The number of hydrogen-bond donors (Lipinski definition) is 0. The largest absolute Gasteiger partial charge is 0.339 e. The zero-order valence-electron chi connectivity index (χ0n) is 15.1. The SMILES string of the molecule is Cc1cccc(S(=O)(=O)N2CC(C)C(c3nc(-c4ccncc4)no3)C2)c1. The van der Waals surface area contributed by atoms with Gasteiger partial charge in [0.25, 0.3) is 0 Å². The summed E-state index contributed by atoms with van der Waals surface area (Å²) in [5.41, 5.74) is 1.73. The number of aryl methyl sites for hydroxylation is 1. The molecular weight excluding hydrogens is 364 g/mol. The van der Waals surface area contributed by atoms with Gasteiger partial charge in [-0.25, -0.2) is 8.42 Å². The third-order valence-corrected chi connectivity index (χ3v) is 6.73. The highest BCUT2D eigenvalue weighted by molar-refractivity contribution is 7.89. The predicted molar refractivity (Wildman–Crippen MR) is 99.4 cm³/mol. The van der Waals surface area contributed by atoms with E-state index >= 15 is 0 Å². The van der Waals surface area contributed by atoms with Crippen LogP contribution >= 0.6 is 0 Å². The zero-order chi connectivity index (χ0) is 19.0. The van der Waals surface area contributed by atoms with E-state index in [-0.39, 0.29) is 11.8 Å². The van der Waals surface area contributed by atoms with Crippen molar-refractivity contribution in [1.82, 2.24) is 19.4 Å². The fourth-order valence-electron chi connectivity index (χ4n) is 3.37. The van der Waals surface area contributed by atoms with Gasteiger partial charge in [0.2, 0.25) is 21.7 Å². The molecule has 3 aromatic rings.